The first-order valence-electron chi connectivity index (χ1n) is 18.9. The normalized spacial score (nSPS) is 23.8. The van der Waals surface area contributed by atoms with Crippen LogP contribution in [0, 0.1) is 20.8 Å². The van der Waals surface area contributed by atoms with E-state index < -0.39 is 36.5 Å². The molecular weight excluding hydrogens is 768 g/mol. The molecule has 3 aliphatic rings. The summed E-state index contributed by atoms with van der Waals surface area (Å²) in [6, 6.07) is 8.35. The Kier molecular flexibility index (Phi) is 14.0. The molecule has 3 aromatic heterocycles. The van der Waals surface area contributed by atoms with E-state index in [2.05, 4.69) is 72.4 Å². The number of allylic oxidation sites excluding steroid dienone is 2. The molecule has 0 spiro atoms. The first-order valence-corrected chi connectivity index (χ1v) is 19.9. The first-order chi connectivity index (χ1) is 25.8. The van der Waals surface area contributed by atoms with Gasteiger partial charge in [-0.25, -0.2) is 4.98 Å². The van der Waals surface area contributed by atoms with Gasteiger partial charge in [0.15, 0.2) is 0 Å². The van der Waals surface area contributed by atoms with Crippen molar-refractivity contribution in [3.05, 3.63) is 75.9 Å². The van der Waals surface area contributed by atoms with Crippen LogP contribution in [0.15, 0.2) is 30.8 Å². The molecule has 4 N–H and O–H groups in total. The summed E-state index contributed by atoms with van der Waals surface area (Å²) in [6.45, 7) is 16.8. The molecule has 1 fully saturated rings. The van der Waals surface area contributed by atoms with Crippen LogP contribution in [-0.2, 0) is 29.0 Å². The summed E-state index contributed by atoms with van der Waals surface area (Å²) < 4.78 is 5.60. The molecule has 55 heavy (non-hydrogen) atoms. The molecule has 290 valence electrons. The summed E-state index contributed by atoms with van der Waals surface area (Å²) in [5.74, 6) is 0.600. The third kappa shape index (κ3) is 8.59. The number of aliphatic hydroxyl groups excluding tert-OH is 4. The summed E-state index contributed by atoms with van der Waals surface area (Å²) in [5, 5.41) is 40.0. The Hall–Kier alpha value is -3.16. The van der Waals surface area contributed by atoms with E-state index in [1.165, 1.54) is 17.3 Å². The molecule has 1 amide bonds. The number of amides is 1. The van der Waals surface area contributed by atoms with Gasteiger partial charge in [-0.15, -0.1) is 33.8 Å². The van der Waals surface area contributed by atoms with E-state index >= 15 is 0 Å². The average Bonchev–Trinajstić information content (AvgIpc) is 3.86. The number of thioether (sulfide) groups is 1. The summed E-state index contributed by atoms with van der Waals surface area (Å²) in [7, 11) is 1.80. The molecule has 6 heterocycles. The third-order valence-corrected chi connectivity index (χ3v) is 12.6. The zero-order valence-corrected chi connectivity index (χ0v) is 36.8. The van der Waals surface area contributed by atoms with Gasteiger partial charge < -0.3 is 40.0 Å². The van der Waals surface area contributed by atoms with Crippen molar-refractivity contribution in [3.63, 3.8) is 0 Å². The monoisotopic (exact) mass is 819 g/mol. The van der Waals surface area contributed by atoms with Gasteiger partial charge in [0.05, 0.1) is 18.0 Å². The molecule has 13 heteroatoms. The number of aliphatic hydroxyl groups is 4. The number of hydrogen-bond donors (Lipinski definition) is 4. The van der Waals surface area contributed by atoms with Gasteiger partial charge in [-0.2, -0.15) is 0 Å². The zero-order valence-electron chi connectivity index (χ0n) is 33.0. The number of hydrogen-bond acceptors (Lipinski definition) is 9. The SMILES string of the molecule is C=Cc1c(C)c2cc3nc(c(C)c4cc(C)c(cc5nc(cc1[n-]2)C(C)=C5CC)[n-]4)[C@@H](CCC(=O)N(C)CCCS[C@@H]1O[C@H](CO)[C@@H](O)[C@H](O)[C@H]1O)[C@@H]3C.[Zn+2]. The third-order valence-electron chi connectivity index (χ3n) is 11.4. The zero-order chi connectivity index (χ0) is 39.0. The number of aryl methyl sites for hydroxylation is 3. The Morgan fingerprint density at radius 3 is 2.35 bits per heavy atom. The fourth-order valence-corrected chi connectivity index (χ4v) is 8.93. The van der Waals surface area contributed by atoms with Gasteiger partial charge >= 0.3 is 19.5 Å². The number of carbonyl (C=O) groups is 1. The van der Waals surface area contributed by atoms with Crippen molar-refractivity contribution in [3.8, 4) is 0 Å². The van der Waals surface area contributed by atoms with Gasteiger partial charge in [0.1, 0.15) is 29.9 Å². The molecule has 11 nitrogen and oxygen atoms in total. The summed E-state index contributed by atoms with van der Waals surface area (Å²) >= 11 is 1.29. The van der Waals surface area contributed by atoms with Gasteiger partial charge in [0.2, 0.25) is 5.91 Å². The van der Waals surface area contributed by atoms with Crippen LogP contribution in [0.3, 0.4) is 0 Å². The number of ether oxygens (including phenoxy) is 1. The summed E-state index contributed by atoms with van der Waals surface area (Å²) in [4.78, 5) is 35.7. The van der Waals surface area contributed by atoms with Gasteiger partial charge in [-0.05, 0) is 75.0 Å². The quantitative estimate of drug-likeness (QED) is 0.142. The van der Waals surface area contributed by atoms with Crippen LogP contribution in [0.1, 0.15) is 103 Å². The second-order valence-corrected chi connectivity index (χ2v) is 16.0. The van der Waals surface area contributed by atoms with Crippen LogP contribution >= 0.6 is 11.8 Å². The van der Waals surface area contributed by atoms with Crippen LogP contribution < -0.4 is 9.97 Å². The van der Waals surface area contributed by atoms with Crippen LogP contribution in [0.4, 0.5) is 0 Å². The Labute approximate surface area is 340 Å². The fraction of sp³-hybridized carbons (Fsp3) is 0.500. The first kappa shape index (κ1) is 43.0. The van der Waals surface area contributed by atoms with E-state index in [-0.39, 0.29) is 37.2 Å². The predicted molar refractivity (Wildman–Crippen MR) is 215 cm³/mol. The van der Waals surface area contributed by atoms with E-state index in [1.54, 1.807) is 11.9 Å². The second kappa shape index (κ2) is 18.0. The van der Waals surface area contributed by atoms with Gasteiger partial charge in [-0.1, -0.05) is 61.9 Å². The molecule has 0 unspecified atom stereocenters. The number of fused-ring (bicyclic) bond motifs is 8. The smallest absolute Gasteiger partial charge is 0.657 e. The number of carbonyl (C=O) groups excluding carboxylic acids is 1. The average molecular weight is 821 g/mol. The molecule has 8 bridgehead atoms. The second-order valence-electron chi connectivity index (χ2n) is 14.8. The Balaban J connectivity index is 0.00000580. The molecular formula is C42H53N5O6SZn. The van der Waals surface area contributed by atoms with Gasteiger partial charge in [-0.3, -0.25) is 9.78 Å². The van der Waals surface area contributed by atoms with E-state index in [1.807, 2.05) is 6.08 Å². The minimum atomic E-state index is -1.40. The van der Waals surface area contributed by atoms with Crippen molar-refractivity contribution in [2.24, 2.45) is 0 Å². The topological polar surface area (TPSA) is 164 Å². The maximum atomic E-state index is 13.5. The fourth-order valence-electron chi connectivity index (χ4n) is 7.82. The molecule has 0 aliphatic carbocycles. The molecule has 3 aromatic rings. The van der Waals surface area contributed by atoms with Gasteiger partial charge in [0.25, 0.3) is 0 Å². The largest absolute Gasteiger partial charge is 2.00 e. The minimum absolute atomic E-state index is 0. The number of rotatable bonds is 11. The predicted octanol–water partition coefficient (Wildman–Crippen LogP) is 5.53. The van der Waals surface area contributed by atoms with E-state index in [0.29, 0.717) is 31.6 Å². The Morgan fingerprint density at radius 1 is 0.964 bits per heavy atom. The standard InChI is InChI=1S/C42H53N5O6S.Zn/c1-9-26-23(5)32-19-35-27(10-2)22(4)31(44-35)18-33-24(6)28(38(46-33)25(7)30-16-21(3)29(43-30)17-34(26)45-32)12-13-37(49)47(8)14-11-15-54-42-41(52)40(51)39(50)36(20-48)53-42;/h10,16-19,24,28,36,39-42,48,50-52H,2,9,11-15,20H2,1,3-8H3;/q-2;+2/t24-,28-,36+,39+,40-,41+,42-;/m0./s1. The summed E-state index contributed by atoms with van der Waals surface area (Å²) in [5.41, 5.74) is 12.7. The molecule has 6 rings (SSSR count). The van der Waals surface area contributed by atoms with Crippen LogP contribution in [0.2, 0.25) is 0 Å². The van der Waals surface area contributed by atoms with Crippen molar-refractivity contribution in [2.75, 3.05) is 26.0 Å². The van der Waals surface area contributed by atoms with E-state index in [9.17, 15) is 25.2 Å². The van der Waals surface area contributed by atoms with Crippen molar-refractivity contribution in [1.29, 1.82) is 0 Å². The van der Waals surface area contributed by atoms with Crippen LogP contribution in [0.5, 0.6) is 0 Å². The van der Waals surface area contributed by atoms with Crippen molar-refractivity contribution in [1.82, 2.24) is 24.8 Å². The maximum absolute atomic E-state index is 13.5. The van der Waals surface area contributed by atoms with Crippen molar-refractivity contribution < 1.29 is 49.4 Å². The minimum Gasteiger partial charge on any atom is -0.657 e. The number of aromatic nitrogens is 4. The van der Waals surface area contributed by atoms with Crippen molar-refractivity contribution >= 4 is 57.0 Å². The molecule has 0 radical (unpaired) electrons. The Bertz CT molecular complexity index is 2110. The van der Waals surface area contributed by atoms with Crippen molar-refractivity contribution in [2.45, 2.75) is 109 Å². The molecule has 0 saturated carbocycles. The summed E-state index contributed by atoms with van der Waals surface area (Å²) in [6.07, 6.45) is -0.711. The van der Waals surface area contributed by atoms with Crippen LogP contribution in [-0.4, -0.2) is 97.0 Å². The molecule has 7 atom stereocenters. The number of nitrogens with zero attached hydrogens (tertiary/aromatic N) is 5. The Morgan fingerprint density at radius 2 is 1.65 bits per heavy atom. The van der Waals surface area contributed by atoms with E-state index in [0.717, 1.165) is 79.1 Å². The molecule has 1 saturated heterocycles. The van der Waals surface area contributed by atoms with E-state index in [4.69, 9.17) is 24.7 Å². The maximum Gasteiger partial charge on any atom is 2.00 e. The van der Waals surface area contributed by atoms with Crippen LogP contribution in [0.25, 0.3) is 39.3 Å². The van der Waals surface area contributed by atoms with Gasteiger partial charge in [0, 0.05) is 43.2 Å². The molecule has 3 aliphatic heterocycles. The molecule has 0 aromatic carbocycles.